The highest BCUT2D eigenvalue weighted by Crippen LogP contribution is 2.11. The molecule has 0 saturated carbocycles. The highest BCUT2D eigenvalue weighted by atomic mass is 16.5. The van der Waals surface area contributed by atoms with Crippen LogP contribution < -0.4 is 10.6 Å². The first kappa shape index (κ1) is 18.7. The van der Waals surface area contributed by atoms with Crippen LogP contribution >= 0.6 is 0 Å². The molecule has 1 heterocycles. The van der Waals surface area contributed by atoms with E-state index in [0.717, 1.165) is 70.7 Å². The summed E-state index contributed by atoms with van der Waals surface area (Å²) in [5.74, 6) is 0.751. The summed E-state index contributed by atoms with van der Waals surface area (Å²) >= 11 is 0. The van der Waals surface area contributed by atoms with Gasteiger partial charge >= 0.3 is 5.97 Å². The van der Waals surface area contributed by atoms with E-state index in [4.69, 9.17) is 4.74 Å². The molecule has 2 N–H and O–H groups in total. The average molecular weight is 313 g/mol. The molecule has 128 valence electrons. The molecule has 1 aliphatic rings. The molecule has 1 aliphatic heterocycles. The number of hydrogen-bond acceptors (Lipinski definition) is 4. The van der Waals surface area contributed by atoms with Gasteiger partial charge < -0.3 is 20.1 Å². The van der Waals surface area contributed by atoms with Crippen LogP contribution in [0.1, 0.15) is 51.9 Å². The maximum atomic E-state index is 11.0. The zero-order valence-corrected chi connectivity index (χ0v) is 14.0. The van der Waals surface area contributed by atoms with Crippen LogP contribution in [0.2, 0.25) is 0 Å². The van der Waals surface area contributed by atoms with Crippen LogP contribution in [0.15, 0.2) is 4.99 Å². The molecule has 1 rings (SSSR count). The molecule has 1 atom stereocenters. The fourth-order valence-electron chi connectivity index (χ4n) is 2.38. The Balaban J connectivity index is 2.07. The molecule has 1 fully saturated rings. The number of guanidine groups is 1. The van der Waals surface area contributed by atoms with Crippen LogP contribution in [0.5, 0.6) is 0 Å². The molecule has 0 aliphatic carbocycles. The van der Waals surface area contributed by atoms with Gasteiger partial charge in [-0.1, -0.05) is 12.8 Å². The van der Waals surface area contributed by atoms with E-state index in [2.05, 4.69) is 27.3 Å². The number of rotatable bonds is 10. The number of ether oxygens (including phenoxy) is 2. The lowest BCUT2D eigenvalue weighted by atomic mass is 10.1. The Morgan fingerprint density at radius 1 is 1.27 bits per heavy atom. The van der Waals surface area contributed by atoms with Crippen molar-refractivity contribution in [1.82, 2.24) is 10.6 Å². The zero-order valence-electron chi connectivity index (χ0n) is 14.0. The Bertz CT molecular complexity index is 329. The van der Waals surface area contributed by atoms with Crippen molar-refractivity contribution in [2.24, 2.45) is 4.99 Å². The Morgan fingerprint density at radius 2 is 2.09 bits per heavy atom. The van der Waals surface area contributed by atoms with Gasteiger partial charge in [-0.15, -0.1) is 0 Å². The molecule has 0 aromatic carbocycles. The van der Waals surface area contributed by atoms with Gasteiger partial charge in [-0.25, -0.2) is 0 Å². The number of hydrogen-bond donors (Lipinski definition) is 2. The monoisotopic (exact) mass is 313 g/mol. The first-order valence-electron chi connectivity index (χ1n) is 8.46. The first-order valence-corrected chi connectivity index (χ1v) is 8.46. The van der Waals surface area contributed by atoms with Gasteiger partial charge in [0.15, 0.2) is 5.96 Å². The third kappa shape index (κ3) is 8.87. The molecular weight excluding hydrogens is 282 g/mol. The summed E-state index contributed by atoms with van der Waals surface area (Å²) in [6.07, 6.45) is 7.21. The summed E-state index contributed by atoms with van der Waals surface area (Å²) < 4.78 is 10.2. The van der Waals surface area contributed by atoms with Gasteiger partial charge in [0.1, 0.15) is 0 Å². The number of nitrogens with zero attached hydrogens (tertiary/aromatic N) is 1. The molecule has 1 unspecified atom stereocenters. The summed E-state index contributed by atoms with van der Waals surface area (Å²) in [4.78, 5) is 15.5. The maximum Gasteiger partial charge on any atom is 0.305 e. The Labute approximate surface area is 134 Å². The Hall–Kier alpha value is -1.30. The Kier molecular flexibility index (Phi) is 10.5. The largest absolute Gasteiger partial charge is 0.469 e. The van der Waals surface area contributed by atoms with E-state index in [9.17, 15) is 4.79 Å². The van der Waals surface area contributed by atoms with E-state index in [1.54, 1.807) is 0 Å². The van der Waals surface area contributed by atoms with Crippen molar-refractivity contribution >= 4 is 11.9 Å². The molecule has 0 amide bonds. The molecule has 0 aromatic heterocycles. The van der Waals surface area contributed by atoms with E-state index in [1.807, 2.05) is 0 Å². The molecule has 1 saturated heterocycles. The summed E-state index contributed by atoms with van der Waals surface area (Å²) in [7, 11) is 1.43. The predicted octanol–water partition coefficient (Wildman–Crippen LogP) is 1.84. The van der Waals surface area contributed by atoms with Gasteiger partial charge in [-0.05, 0) is 32.6 Å². The smallest absolute Gasteiger partial charge is 0.305 e. The van der Waals surface area contributed by atoms with Crippen molar-refractivity contribution < 1.29 is 14.3 Å². The standard InChI is InChI=1S/C16H31N3O3/c1-3-17-16(19-13-14-9-8-12-22-14)18-11-7-5-4-6-10-15(20)21-2/h14H,3-13H2,1-2H3,(H2,17,18,19). The minimum Gasteiger partial charge on any atom is -0.469 e. The fourth-order valence-corrected chi connectivity index (χ4v) is 2.38. The van der Waals surface area contributed by atoms with Crippen LogP contribution in [0.3, 0.4) is 0 Å². The normalized spacial score (nSPS) is 18.3. The third-order valence-corrected chi connectivity index (χ3v) is 3.65. The number of esters is 1. The second kappa shape index (κ2) is 12.3. The average Bonchev–Trinajstić information content (AvgIpc) is 3.04. The van der Waals surface area contributed by atoms with E-state index >= 15 is 0 Å². The lowest BCUT2D eigenvalue weighted by molar-refractivity contribution is -0.140. The second-order valence-corrected chi connectivity index (χ2v) is 5.52. The van der Waals surface area contributed by atoms with Gasteiger partial charge in [-0.2, -0.15) is 0 Å². The number of nitrogens with one attached hydrogen (secondary N) is 2. The third-order valence-electron chi connectivity index (χ3n) is 3.65. The van der Waals surface area contributed by atoms with Crippen LogP contribution in [-0.2, 0) is 14.3 Å². The van der Waals surface area contributed by atoms with Crippen LogP contribution in [0, 0.1) is 0 Å². The van der Waals surface area contributed by atoms with Crippen LogP contribution in [-0.4, -0.2) is 51.4 Å². The van der Waals surface area contributed by atoms with Crippen LogP contribution in [0.4, 0.5) is 0 Å². The number of unbranched alkanes of at least 4 members (excludes halogenated alkanes) is 3. The van der Waals surface area contributed by atoms with E-state index in [1.165, 1.54) is 7.11 Å². The van der Waals surface area contributed by atoms with Crippen molar-refractivity contribution in [2.75, 3.05) is 33.4 Å². The van der Waals surface area contributed by atoms with Crippen LogP contribution in [0.25, 0.3) is 0 Å². The zero-order chi connectivity index (χ0) is 16.0. The van der Waals surface area contributed by atoms with Gasteiger partial charge in [0.2, 0.25) is 0 Å². The van der Waals surface area contributed by atoms with E-state index in [0.29, 0.717) is 6.42 Å². The van der Waals surface area contributed by atoms with Crippen molar-refractivity contribution in [3.63, 3.8) is 0 Å². The molecular formula is C16H31N3O3. The van der Waals surface area contributed by atoms with Gasteiger partial charge in [-0.3, -0.25) is 9.79 Å². The summed E-state index contributed by atoms with van der Waals surface area (Å²) in [6.45, 7) is 5.42. The summed E-state index contributed by atoms with van der Waals surface area (Å²) in [5.41, 5.74) is 0. The minimum absolute atomic E-state index is 0.117. The van der Waals surface area contributed by atoms with E-state index < -0.39 is 0 Å². The molecule has 0 aromatic rings. The molecule has 6 nitrogen and oxygen atoms in total. The predicted molar refractivity (Wildman–Crippen MR) is 88.1 cm³/mol. The molecule has 6 heteroatoms. The van der Waals surface area contributed by atoms with Crippen molar-refractivity contribution in [2.45, 2.75) is 58.0 Å². The van der Waals surface area contributed by atoms with Crippen molar-refractivity contribution in [1.29, 1.82) is 0 Å². The van der Waals surface area contributed by atoms with Gasteiger partial charge in [0, 0.05) is 26.1 Å². The van der Waals surface area contributed by atoms with E-state index in [-0.39, 0.29) is 12.1 Å². The van der Waals surface area contributed by atoms with Gasteiger partial charge in [0.25, 0.3) is 0 Å². The number of carbonyl (C=O) groups excluding carboxylic acids is 1. The SMILES string of the molecule is CCNC(=NCC1CCCO1)NCCCCCCC(=O)OC. The first-order chi connectivity index (χ1) is 10.8. The lowest BCUT2D eigenvalue weighted by Crippen LogP contribution is -2.38. The topological polar surface area (TPSA) is 72.0 Å². The molecule has 22 heavy (non-hydrogen) atoms. The Morgan fingerprint density at radius 3 is 2.77 bits per heavy atom. The minimum atomic E-state index is -0.117. The summed E-state index contributed by atoms with van der Waals surface area (Å²) in [5, 5.41) is 6.60. The fraction of sp³-hybridized carbons (Fsp3) is 0.875. The summed E-state index contributed by atoms with van der Waals surface area (Å²) in [6, 6.07) is 0. The molecule has 0 radical (unpaired) electrons. The second-order valence-electron chi connectivity index (χ2n) is 5.52. The quantitative estimate of drug-likeness (QED) is 0.279. The van der Waals surface area contributed by atoms with Gasteiger partial charge in [0.05, 0.1) is 19.8 Å². The van der Waals surface area contributed by atoms with Crippen molar-refractivity contribution in [3.8, 4) is 0 Å². The lowest BCUT2D eigenvalue weighted by Gasteiger charge is -2.12. The van der Waals surface area contributed by atoms with Crippen molar-refractivity contribution in [3.05, 3.63) is 0 Å². The number of methoxy groups -OCH3 is 1. The maximum absolute atomic E-state index is 11.0. The highest BCUT2D eigenvalue weighted by molar-refractivity contribution is 5.79. The number of carbonyl (C=O) groups is 1. The molecule has 0 spiro atoms. The molecule has 0 bridgehead atoms. The number of aliphatic imine (C=N–C) groups is 1. The highest BCUT2D eigenvalue weighted by Gasteiger charge is 2.14.